The van der Waals surface area contributed by atoms with E-state index in [-0.39, 0.29) is 73.8 Å². The molecule has 0 spiro atoms. The molecule has 9 atom stereocenters. The van der Waals surface area contributed by atoms with Gasteiger partial charge in [0.15, 0.2) is 0 Å². The molecule has 1 fully saturated rings. The van der Waals surface area contributed by atoms with Crippen LogP contribution in [-0.4, -0.2) is 167 Å². The van der Waals surface area contributed by atoms with Crippen molar-refractivity contribution in [3.63, 3.8) is 0 Å². The summed E-state index contributed by atoms with van der Waals surface area (Å²) in [5, 5.41) is 36.2. The third-order valence-electron chi connectivity index (χ3n) is 14.7. The number of nitrogens with zero attached hydrogens (tertiary/aromatic N) is 2. The highest BCUT2D eigenvalue weighted by Gasteiger charge is 2.43. The number of nitrogens with one attached hydrogen (secondary N) is 9. The smallest absolute Gasteiger partial charge is 0.246 e. The standard InChI is InChI=1S/C61H111N11O11/c1-20-22-23-24-25-26-27-43(64-54(79)46-34-41(10)35-72(46)48(74)29-28-40(9)21-2)51(76)67-49(50(75)39(7)8)55(80)69-60(14,15)57(82)66-44(32-37(3)4)52(77)65-45(33-38(5)6)53(78)68-61(16,17)58(83)70-59(12,13)56(81)62-31-30-47(73)63-42(11)36-71(18)19/h28-29,37-46,49-50,75H,20-27,30-36H2,1-19H3,(H,62,81)(H,63,73)(H,64,79)(H,65,77)(H,66,82)(H,67,76)(H,68,78)(H,69,80)(H,70,83)/b29-28+/t40-,41-,42-,43-,44-,45-,46-,49-,50+/m0/s1. The van der Waals surface area contributed by atoms with Gasteiger partial charge in [0.05, 0.1) is 6.10 Å². The van der Waals surface area contributed by atoms with Crippen LogP contribution in [0.15, 0.2) is 12.2 Å². The van der Waals surface area contributed by atoms with Gasteiger partial charge in [-0.05, 0) is 124 Å². The van der Waals surface area contributed by atoms with E-state index in [0.29, 0.717) is 25.9 Å². The van der Waals surface area contributed by atoms with Gasteiger partial charge in [-0.15, -0.1) is 0 Å². The molecule has 0 aromatic heterocycles. The van der Waals surface area contributed by atoms with Crippen LogP contribution < -0.4 is 47.9 Å². The van der Waals surface area contributed by atoms with Crippen molar-refractivity contribution in [3.05, 3.63) is 12.2 Å². The van der Waals surface area contributed by atoms with E-state index in [1.165, 1.54) is 52.5 Å². The Morgan fingerprint density at radius 3 is 1.71 bits per heavy atom. The minimum absolute atomic E-state index is 0.0207. The van der Waals surface area contributed by atoms with E-state index >= 15 is 0 Å². The van der Waals surface area contributed by atoms with Crippen LogP contribution in [0.4, 0.5) is 0 Å². The van der Waals surface area contributed by atoms with Crippen LogP contribution in [0.5, 0.6) is 0 Å². The molecule has 0 aromatic carbocycles. The van der Waals surface area contributed by atoms with Gasteiger partial charge in [-0.2, -0.15) is 0 Å². The van der Waals surface area contributed by atoms with E-state index in [2.05, 4.69) is 54.8 Å². The van der Waals surface area contributed by atoms with Gasteiger partial charge in [0, 0.05) is 32.1 Å². The van der Waals surface area contributed by atoms with Gasteiger partial charge in [0.25, 0.3) is 0 Å². The molecule has 1 heterocycles. The maximum absolute atomic E-state index is 14.4. The maximum Gasteiger partial charge on any atom is 0.246 e. The number of aliphatic hydroxyl groups is 1. The zero-order chi connectivity index (χ0) is 63.7. The second kappa shape index (κ2) is 35.6. The van der Waals surface area contributed by atoms with Crippen molar-refractivity contribution in [1.82, 2.24) is 57.7 Å². The van der Waals surface area contributed by atoms with Gasteiger partial charge in [0.2, 0.25) is 59.1 Å². The zero-order valence-electron chi connectivity index (χ0n) is 54.1. The molecule has 10 amide bonds. The molecule has 1 rings (SSSR count). The van der Waals surface area contributed by atoms with E-state index < -0.39 is 106 Å². The highest BCUT2D eigenvalue weighted by molar-refractivity contribution is 6.00. The predicted molar refractivity (Wildman–Crippen MR) is 324 cm³/mol. The summed E-state index contributed by atoms with van der Waals surface area (Å²) in [6.45, 7) is 30.4. The van der Waals surface area contributed by atoms with E-state index in [1.807, 2.05) is 80.5 Å². The van der Waals surface area contributed by atoms with Crippen LogP contribution in [0.25, 0.3) is 0 Å². The Hall–Kier alpha value is -5.64. The molecule has 0 saturated carbocycles. The number of carbonyl (C=O) groups is 10. The fourth-order valence-corrected chi connectivity index (χ4v) is 9.49. The number of hydrogen-bond donors (Lipinski definition) is 10. The average molecular weight is 1170 g/mol. The third-order valence-corrected chi connectivity index (χ3v) is 14.7. The Morgan fingerprint density at radius 1 is 0.627 bits per heavy atom. The predicted octanol–water partition coefficient (Wildman–Crippen LogP) is 3.88. The monoisotopic (exact) mass is 1170 g/mol. The number of allylic oxidation sites excluding steroid dienone is 1. The molecular formula is C61H111N11O11. The van der Waals surface area contributed by atoms with Crippen LogP contribution in [-0.2, 0) is 47.9 Å². The minimum atomic E-state index is -1.76. The summed E-state index contributed by atoms with van der Waals surface area (Å²) in [5.41, 5.74) is -4.82. The van der Waals surface area contributed by atoms with Gasteiger partial charge in [-0.25, -0.2) is 0 Å². The summed E-state index contributed by atoms with van der Waals surface area (Å²) in [4.78, 5) is 142. The van der Waals surface area contributed by atoms with Crippen molar-refractivity contribution >= 4 is 59.1 Å². The van der Waals surface area contributed by atoms with E-state index in [0.717, 1.165) is 38.5 Å². The molecule has 0 bridgehead atoms. The fraction of sp³-hybridized carbons (Fsp3) is 0.803. The molecule has 0 aromatic rings. The normalized spacial score (nSPS) is 17.5. The van der Waals surface area contributed by atoms with Crippen molar-refractivity contribution < 1.29 is 53.1 Å². The number of aliphatic hydroxyl groups excluding tert-OH is 1. The number of likely N-dealkylation sites (tertiary alicyclic amines) is 1. The van der Waals surface area contributed by atoms with Gasteiger partial charge in [-0.3, -0.25) is 47.9 Å². The van der Waals surface area contributed by atoms with Crippen LogP contribution in [0.2, 0.25) is 0 Å². The molecule has 1 aliphatic rings. The van der Waals surface area contributed by atoms with Crippen LogP contribution >= 0.6 is 0 Å². The SMILES string of the molecule is CCCCCCCC[C@H](NC(=O)[C@@H]1C[C@H](C)CN1C(=O)/C=C/[C@@H](C)CC)C(=O)N[C@H](C(=O)NC(C)(C)C(=O)N[C@@H](CC(C)C)C(=O)N[C@@H](CC(C)C)C(=O)NC(C)(C)C(=O)NC(C)(C)C(=O)NCCC(=O)N[C@@H](C)CN(C)C)[C@H](O)C(C)C. The Balaban J connectivity index is 3.34. The quantitative estimate of drug-likeness (QED) is 0.0313. The Morgan fingerprint density at radius 2 is 1.16 bits per heavy atom. The number of unbranched alkanes of at least 4 members (excludes halogenated alkanes) is 5. The highest BCUT2D eigenvalue weighted by atomic mass is 16.3. The number of likely N-dealkylation sites (N-methyl/N-ethyl adjacent to an activating group) is 1. The molecule has 476 valence electrons. The second-order valence-corrected chi connectivity index (χ2v) is 26.3. The lowest BCUT2D eigenvalue weighted by molar-refractivity contribution is -0.140. The first-order valence-electron chi connectivity index (χ1n) is 30.5. The number of carbonyl (C=O) groups excluding carboxylic acids is 10. The van der Waals surface area contributed by atoms with Crippen molar-refractivity contribution in [1.29, 1.82) is 0 Å². The molecule has 83 heavy (non-hydrogen) atoms. The Bertz CT molecular complexity index is 2180. The lowest BCUT2D eigenvalue weighted by Gasteiger charge is -2.34. The summed E-state index contributed by atoms with van der Waals surface area (Å²) in [6.07, 6.45) is 9.01. The van der Waals surface area contributed by atoms with E-state index in [9.17, 15) is 53.1 Å². The number of rotatable bonds is 37. The summed E-state index contributed by atoms with van der Waals surface area (Å²) >= 11 is 0. The van der Waals surface area contributed by atoms with Crippen LogP contribution in [0, 0.1) is 29.6 Å². The lowest BCUT2D eigenvalue weighted by atomic mass is 9.95. The first kappa shape index (κ1) is 75.4. The molecule has 0 unspecified atom stereocenters. The van der Waals surface area contributed by atoms with Gasteiger partial charge in [-0.1, -0.05) is 120 Å². The van der Waals surface area contributed by atoms with Crippen molar-refractivity contribution in [3.8, 4) is 0 Å². The average Bonchev–Trinajstić information content (AvgIpc) is 3.96. The summed E-state index contributed by atoms with van der Waals surface area (Å²) in [6, 6.07) is -6.07. The molecule has 22 nitrogen and oxygen atoms in total. The van der Waals surface area contributed by atoms with Crippen LogP contribution in [0.3, 0.4) is 0 Å². The molecule has 1 aliphatic heterocycles. The van der Waals surface area contributed by atoms with E-state index in [1.54, 1.807) is 13.8 Å². The molecule has 1 saturated heterocycles. The lowest BCUT2D eigenvalue weighted by Crippen LogP contribution is -2.66. The number of amides is 10. The molecule has 0 radical (unpaired) electrons. The maximum atomic E-state index is 14.4. The molecule has 10 N–H and O–H groups in total. The van der Waals surface area contributed by atoms with Crippen LogP contribution in [0.1, 0.15) is 195 Å². The van der Waals surface area contributed by atoms with Gasteiger partial charge < -0.3 is 62.8 Å². The van der Waals surface area contributed by atoms with E-state index in [4.69, 9.17) is 0 Å². The largest absolute Gasteiger partial charge is 0.390 e. The van der Waals surface area contributed by atoms with Crippen molar-refractivity contribution in [2.45, 2.75) is 254 Å². The molecule has 0 aliphatic carbocycles. The first-order valence-corrected chi connectivity index (χ1v) is 30.5. The summed E-state index contributed by atoms with van der Waals surface area (Å²) in [7, 11) is 3.79. The van der Waals surface area contributed by atoms with Crippen molar-refractivity contribution in [2.75, 3.05) is 33.7 Å². The van der Waals surface area contributed by atoms with Crippen molar-refractivity contribution in [2.24, 2.45) is 29.6 Å². The highest BCUT2D eigenvalue weighted by Crippen LogP contribution is 2.25. The summed E-state index contributed by atoms with van der Waals surface area (Å²) < 4.78 is 0. The minimum Gasteiger partial charge on any atom is -0.390 e. The topological polar surface area (TPSA) is 306 Å². The van der Waals surface area contributed by atoms with Gasteiger partial charge >= 0.3 is 0 Å². The molecular weight excluding hydrogens is 1060 g/mol. The Labute approximate surface area is 497 Å². The first-order chi connectivity index (χ1) is 38.4. The third kappa shape index (κ3) is 27.3. The zero-order valence-corrected chi connectivity index (χ0v) is 54.1. The van der Waals surface area contributed by atoms with Gasteiger partial charge in [0.1, 0.15) is 46.8 Å². The number of hydrogen-bond acceptors (Lipinski definition) is 12. The fourth-order valence-electron chi connectivity index (χ4n) is 9.49. The second-order valence-electron chi connectivity index (χ2n) is 26.3. The molecule has 22 heteroatoms. The Kier molecular flexibility index (Phi) is 32.3. The summed E-state index contributed by atoms with van der Waals surface area (Å²) in [5.74, 6) is -6.78.